The predicted molar refractivity (Wildman–Crippen MR) is 124 cm³/mol. The number of thioether (sulfide) groups is 1. The quantitative estimate of drug-likeness (QED) is 0.525. The highest BCUT2D eigenvalue weighted by molar-refractivity contribution is 8.18. The summed E-state index contributed by atoms with van der Waals surface area (Å²) in [4.78, 5) is 19.4. The van der Waals surface area contributed by atoms with E-state index < -0.39 is 0 Å². The van der Waals surface area contributed by atoms with Crippen LogP contribution in [0.4, 0.5) is 0 Å². The number of hydrogen-bond donors (Lipinski definition) is 0. The Balaban J connectivity index is 1.86. The van der Waals surface area contributed by atoms with E-state index in [2.05, 4.69) is 11.1 Å². The zero-order valence-electron chi connectivity index (χ0n) is 17.6. The van der Waals surface area contributed by atoms with Gasteiger partial charge < -0.3 is 9.47 Å². The molecule has 2 aromatic carbocycles. The van der Waals surface area contributed by atoms with Gasteiger partial charge in [-0.2, -0.15) is 0 Å². The number of rotatable bonds is 7. The summed E-state index contributed by atoms with van der Waals surface area (Å²) in [5.41, 5.74) is 2.99. The third kappa shape index (κ3) is 4.99. The number of aryl methyl sites for hydroxylation is 1. The zero-order valence-corrected chi connectivity index (χ0v) is 19.1. The molecule has 2 aromatic rings. The molecule has 1 heterocycles. The number of halogens is 1. The van der Waals surface area contributed by atoms with Gasteiger partial charge in [0.2, 0.25) is 0 Å². The third-order valence-corrected chi connectivity index (χ3v) is 5.84. The number of amidine groups is 1. The van der Waals surface area contributed by atoms with Crippen LogP contribution in [-0.4, -0.2) is 36.2 Å². The molecule has 0 radical (unpaired) electrons. The van der Waals surface area contributed by atoms with Crippen LogP contribution in [0.25, 0.3) is 6.08 Å². The van der Waals surface area contributed by atoms with Crippen LogP contribution in [0.5, 0.6) is 11.5 Å². The number of carbonyl (C=O) groups excluding carboxylic acids is 1. The van der Waals surface area contributed by atoms with E-state index in [0.29, 0.717) is 41.1 Å². The second-order valence-electron chi connectivity index (χ2n) is 6.73. The average Bonchev–Trinajstić information content (AvgIpc) is 3.01. The number of benzene rings is 2. The van der Waals surface area contributed by atoms with Crippen LogP contribution in [0.1, 0.15) is 30.5 Å². The van der Waals surface area contributed by atoms with Gasteiger partial charge in [0, 0.05) is 13.1 Å². The minimum Gasteiger partial charge on any atom is -0.493 e. The maximum atomic E-state index is 12.7. The van der Waals surface area contributed by atoms with E-state index in [0.717, 1.165) is 16.3 Å². The van der Waals surface area contributed by atoms with Crippen molar-refractivity contribution in [3.63, 3.8) is 0 Å². The number of carbonyl (C=O) groups is 1. The Bertz CT molecular complexity index is 1000. The summed E-state index contributed by atoms with van der Waals surface area (Å²) in [6.07, 6.45) is 1.81. The minimum absolute atomic E-state index is 0.0513. The van der Waals surface area contributed by atoms with Crippen molar-refractivity contribution in [1.82, 2.24) is 4.90 Å². The van der Waals surface area contributed by atoms with Crippen molar-refractivity contribution in [2.24, 2.45) is 4.99 Å². The Kier molecular flexibility index (Phi) is 7.45. The lowest BCUT2D eigenvalue weighted by atomic mass is 10.1. The monoisotopic (exact) mass is 444 g/mol. The van der Waals surface area contributed by atoms with Gasteiger partial charge in [0.05, 0.1) is 17.0 Å². The van der Waals surface area contributed by atoms with Crippen molar-refractivity contribution in [3.05, 3.63) is 63.0 Å². The lowest BCUT2D eigenvalue weighted by Gasteiger charge is -2.14. The average molecular weight is 445 g/mol. The first kappa shape index (κ1) is 22.2. The Labute approximate surface area is 186 Å². The fraction of sp³-hybridized carbons (Fsp3) is 0.304. The normalized spacial score (nSPS) is 16.6. The number of nitrogens with zero attached hydrogens (tertiary/aromatic N) is 2. The van der Waals surface area contributed by atoms with Gasteiger partial charge in [-0.25, -0.2) is 0 Å². The Morgan fingerprint density at radius 2 is 2.03 bits per heavy atom. The Hall–Kier alpha value is -2.44. The molecule has 0 atom stereocenters. The molecule has 0 aliphatic carbocycles. The number of likely N-dealkylation sites (N-methyl/N-ethyl adjacent to an activating group) is 1. The summed E-state index contributed by atoms with van der Waals surface area (Å²) in [6, 6.07) is 11.7. The van der Waals surface area contributed by atoms with Gasteiger partial charge in [-0.15, -0.1) is 0 Å². The highest BCUT2D eigenvalue weighted by Gasteiger charge is 2.31. The predicted octanol–water partition coefficient (Wildman–Crippen LogP) is 5.55. The number of amides is 1. The van der Waals surface area contributed by atoms with Crippen LogP contribution < -0.4 is 9.47 Å². The van der Waals surface area contributed by atoms with Crippen molar-refractivity contribution >= 4 is 40.5 Å². The molecule has 30 heavy (non-hydrogen) atoms. The molecule has 158 valence electrons. The molecular formula is C23H25ClN2O3S. The first-order chi connectivity index (χ1) is 14.5. The van der Waals surface area contributed by atoms with Gasteiger partial charge in [-0.1, -0.05) is 41.4 Å². The smallest absolute Gasteiger partial charge is 0.266 e. The SMILES string of the molecule is CCN=C1S/C(=C/c2cc(Cl)c(OCc3cccc(C)c3)c(OC)c2)C(=O)N1CC. The summed E-state index contributed by atoms with van der Waals surface area (Å²) in [5.74, 6) is 0.952. The van der Waals surface area contributed by atoms with Crippen LogP contribution in [0.15, 0.2) is 46.3 Å². The molecule has 1 saturated heterocycles. The Morgan fingerprint density at radius 1 is 1.23 bits per heavy atom. The number of hydrogen-bond acceptors (Lipinski definition) is 5. The van der Waals surface area contributed by atoms with Crippen molar-refractivity contribution < 1.29 is 14.3 Å². The van der Waals surface area contributed by atoms with Gasteiger partial charge >= 0.3 is 0 Å². The highest BCUT2D eigenvalue weighted by Crippen LogP contribution is 2.39. The summed E-state index contributed by atoms with van der Waals surface area (Å²) < 4.78 is 11.5. The maximum Gasteiger partial charge on any atom is 0.266 e. The van der Waals surface area contributed by atoms with Crippen molar-refractivity contribution in [2.45, 2.75) is 27.4 Å². The lowest BCUT2D eigenvalue weighted by molar-refractivity contribution is -0.122. The topological polar surface area (TPSA) is 51.1 Å². The molecule has 7 heteroatoms. The second-order valence-corrected chi connectivity index (χ2v) is 8.15. The van der Waals surface area contributed by atoms with Gasteiger partial charge in [0.15, 0.2) is 16.7 Å². The Morgan fingerprint density at radius 3 is 2.70 bits per heavy atom. The van der Waals surface area contributed by atoms with E-state index in [4.69, 9.17) is 21.1 Å². The summed E-state index contributed by atoms with van der Waals surface area (Å²) >= 11 is 7.88. The van der Waals surface area contributed by atoms with E-state index >= 15 is 0 Å². The molecule has 1 aliphatic heterocycles. The number of methoxy groups -OCH3 is 1. The minimum atomic E-state index is -0.0513. The fourth-order valence-electron chi connectivity index (χ4n) is 3.11. The van der Waals surface area contributed by atoms with Crippen LogP contribution in [0.3, 0.4) is 0 Å². The number of ether oxygens (including phenoxy) is 2. The van der Waals surface area contributed by atoms with Gasteiger partial charge in [-0.05, 0) is 61.9 Å². The van der Waals surface area contributed by atoms with E-state index in [-0.39, 0.29) is 5.91 Å². The van der Waals surface area contributed by atoms with E-state index in [1.54, 1.807) is 18.1 Å². The molecule has 0 aromatic heterocycles. The lowest BCUT2D eigenvalue weighted by Crippen LogP contribution is -2.28. The molecule has 0 saturated carbocycles. The van der Waals surface area contributed by atoms with Crippen LogP contribution in [-0.2, 0) is 11.4 Å². The standard InChI is InChI=1S/C23H25ClN2O3S/c1-5-25-23-26(6-2)22(27)20(30-23)13-17-11-18(24)21(19(12-17)28-4)29-14-16-9-7-8-15(3)10-16/h7-13H,5-6,14H2,1-4H3/b20-13+,25-23?. The van der Waals surface area contributed by atoms with Crippen molar-refractivity contribution in [3.8, 4) is 11.5 Å². The third-order valence-electron chi connectivity index (χ3n) is 4.51. The van der Waals surface area contributed by atoms with Crippen LogP contribution in [0.2, 0.25) is 5.02 Å². The molecule has 0 bridgehead atoms. The zero-order chi connectivity index (χ0) is 21.7. The van der Waals surface area contributed by atoms with Gasteiger partial charge in [0.1, 0.15) is 6.61 Å². The summed E-state index contributed by atoms with van der Waals surface area (Å²) in [6.45, 7) is 7.53. The molecule has 3 rings (SSSR count). The van der Waals surface area contributed by atoms with Crippen LogP contribution in [0, 0.1) is 6.92 Å². The molecule has 1 aliphatic rings. The molecule has 0 unspecified atom stereocenters. The first-order valence-corrected chi connectivity index (χ1v) is 11.0. The second kappa shape index (κ2) is 10.0. The summed E-state index contributed by atoms with van der Waals surface area (Å²) in [7, 11) is 1.57. The van der Waals surface area contributed by atoms with Crippen molar-refractivity contribution in [2.75, 3.05) is 20.2 Å². The maximum absolute atomic E-state index is 12.7. The molecule has 0 spiro atoms. The van der Waals surface area contributed by atoms with Crippen molar-refractivity contribution in [1.29, 1.82) is 0 Å². The van der Waals surface area contributed by atoms with E-state index in [9.17, 15) is 4.79 Å². The molecule has 1 fully saturated rings. The van der Waals surface area contributed by atoms with Gasteiger partial charge in [-0.3, -0.25) is 14.7 Å². The number of aliphatic imine (C=N–C) groups is 1. The highest BCUT2D eigenvalue weighted by atomic mass is 35.5. The van der Waals surface area contributed by atoms with E-state index in [1.807, 2.05) is 51.1 Å². The molecule has 5 nitrogen and oxygen atoms in total. The first-order valence-electron chi connectivity index (χ1n) is 9.78. The molecular weight excluding hydrogens is 420 g/mol. The largest absolute Gasteiger partial charge is 0.493 e. The van der Waals surface area contributed by atoms with Crippen LogP contribution >= 0.6 is 23.4 Å². The molecule has 1 amide bonds. The summed E-state index contributed by atoms with van der Waals surface area (Å²) in [5, 5.41) is 1.16. The van der Waals surface area contributed by atoms with Gasteiger partial charge in [0.25, 0.3) is 5.91 Å². The fourth-order valence-corrected chi connectivity index (χ4v) is 4.49. The molecule has 0 N–H and O–H groups in total. The van der Waals surface area contributed by atoms with E-state index in [1.165, 1.54) is 17.3 Å².